The Hall–Kier alpha value is -3.30. The lowest BCUT2D eigenvalue weighted by Gasteiger charge is -2.26. The number of esters is 1. The van der Waals surface area contributed by atoms with Crippen molar-refractivity contribution in [2.24, 2.45) is 0 Å². The summed E-state index contributed by atoms with van der Waals surface area (Å²) in [7, 11) is -1.99. The van der Waals surface area contributed by atoms with Crippen LogP contribution in [0.25, 0.3) is 11.0 Å². The molecule has 1 fully saturated rings. The highest BCUT2D eigenvalue weighted by molar-refractivity contribution is 7.52. The molecule has 0 saturated carbocycles. The third kappa shape index (κ3) is 6.05. The van der Waals surface area contributed by atoms with E-state index >= 15 is 0 Å². The van der Waals surface area contributed by atoms with Crippen molar-refractivity contribution in [2.75, 3.05) is 19.8 Å². The topological polar surface area (TPSA) is 253 Å². The molecular weight excluding hydrogens is 533 g/mol. The third-order valence-electron chi connectivity index (χ3n) is 5.04. The molecule has 0 amide bonds. The standard InChI is InChI=1S/C19H26N7O11P/c1-4-34-18(32)11-10-12(26(33)22-11)15(29)25(24-21-10)16-14(28)13(27)9(37-16)7-35-19(17(30)31)38(23-8(2)3)36-6-5-20/h8-9,13-14,16,19,23,27-28,33H,4,6-7H2,1-3H3,(H,30,31). The number of hydrogen-bond acceptors (Lipinski definition) is 15. The molecule has 0 radical (unpaired) electrons. The normalized spacial score (nSPS) is 22.9. The second-order valence-corrected chi connectivity index (χ2v) is 9.74. The second-order valence-electron chi connectivity index (χ2n) is 8.11. The summed E-state index contributed by atoms with van der Waals surface area (Å²) in [5.41, 5.74) is -2.48. The first-order chi connectivity index (χ1) is 18.0. The van der Waals surface area contributed by atoms with Gasteiger partial charge in [0.25, 0.3) is 0 Å². The first-order valence-corrected chi connectivity index (χ1v) is 12.5. The number of carboxylic acids is 1. The molecule has 208 valence electrons. The van der Waals surface area contributed by atoms with Crippen LogP contribution in [0.15, 0.2) is 4.79 Å². The van der Waals surface area contributed by atoms with E-state index in [1.165, 1.54) is 0 Å². The number of aliphatic hydroxyl groups is 2. The maximum atomic E-state index is 13.0. The Kier molecular flexibility index (Phi) is 9.62. The van der Waals surface area contributed by atoms with Gasteiger partial charge in [-0.3, -0.25) is 9.88 Å². The number of aliphatic carboxylic acids is 1. The fourth-order valence-electron chi connectivity index (χ4n) is 3.45. The van der Waals surface area contributed by atoms with Gasteiger partial charge in [-0.05, 0) is 20.8 Å². The summed E-state index contributed by atoms with van der Waals surface area (Å²) in [6.07, 6.45) is -6.36. The van der Waals surface area contributed by atoms with Crippen LogP contribution in [0.4, 0.5) is 0 Å². The molecule has 1 aliphatic heterocycles. The SMILES string of the molecule is CCOC(=O)c1nn(O)c2c(=O)n(C3OC(COC(C(=O)O)P(NC(C)C)OCC#N)C(O)C3O)nnc12. The summed E-state index contributed by atoms with van der Waals surface area (Å²) in [6, 6.07) is 1.53. The predicted molar refractivity (Wildman–Crippen MR) is 123 cm³/mol. The first kappa shape index (κ1) is 29.3. The Balaban J connectivity index is 1.82. The van der Waals surface area contributed by atoms with Gasteiger partial charge in [0.1, 0.15) is 33.2 Å². The van der Waals surface area contributed by atoms with Crippen molar-refractivity contribution < 1.29 is 48.9 Å². The van der Waals surface area contributed by atoms with Crippen LogP contribution in [0.2, 0.25) is 0 Å². The van der Waals surface area contributed by atoms with Gasteiger partial charge in [-0.25, -0.2) is 9.59 Å². The Labute approximate surface area is 215 Å². The van der Waals surface area contributed by atoms with Crippen LogP contribution in [-0.2, 0) is 23.5 Å². The Bertz CT molecular complexity index is 1260. The van der Waals surface area contributed by atoms with E-state index in [-0.39, 0.29) is 23.0 Å². The van der Waals surface area contributed by atoms with Crippen molar-refractivity contribution >= 4 is 31.3 Å². The molecule has 2 aromatic rings. The zero-order chi connectivity index (χ0) is 28.1. The molecule has 3 rings (SSSR count). The van der Waals surface area contributed by atoms with E-state index in [1.807, 2.05) is 0 Å². The lowest BCUT2D eigenvalue weighted by molar-refractivity contribution is -0.148. The number of nitrogens with one attached hydrogen (secondary N) is 1. The van der Waals surface area contributed by atoms with Gasteiger partial charge in [-0.1, -0.05) is 10.1 Å². The maximum absolute atomic E-state index is 13.0. The van der Waals surface area contributed by atoms with E-state index in [1.54, 1.807) is 26.8 Å². The average Bonchev–Trinajstić information content (AvgIpc) is 3.34. The Morgan fingerprint density at radius 2 is 2.03 bits per heavy atom. The minimum Gasteiger partial charge on any atom is -0.479 e. The number of fused-ring (bicyclic) bond motifs is 1. The molecule has 0 aromatic carbocycles. The van der Waals surface area contributed by atoms with Crippen molar-refractivity contribution in [3.05, 3.63) is 16.0 Å². The van der Waals surface area contributed by atoms with Crippen molar-refractivity contribution in [1.82, 2.24) is 30.0 Å². The monoisotopic (exact) mass is 559 g/mol. The summed E-state index contributed by atoms with van der Waals surface area (Å²) >= 11 is 0. The summed E-state index contributed by atoms with van der Waals surface area (Å²) in [4.78, 5) is 37.0. The second kappa shape index (κ2) is 12.5. The predicted octanol–water partition coefficient (Wildman–Crippen LogP) is -1.70. The highest BCUT2D eigenvalue weighted by Gasteiger charge is 2.46. The van der Waals surface area contributed by atoms with Crippen molar-refractivity contribution in [2.45, 2.75) is 57.2 Å². The number of nitriles is 1. The van der Waals surface area contributed by atoms with Gasteiger partial charge in [0.2, 0.25) is 11.5 Å². The molecule has 0 bridgehead atoms. The smallest absolute Gasteiger partial charge is 0.361 e. The number of carbonyl (C=O) groups excluding carboxylic acids is 1. The zero-order valence-corrected chi connectivity index (χ0v) is 21.3. The Morgan fingerprint density at radius 3 is 2.63 bits per heavy atom. The van der Waals surface area contributed by atoms with Gasteiger partial charge >= 0.3 is 17.5 Å². The van der Waals surface area contributed by atoms with Crippen LogP contribution in [0.5, 0.6) is 0 Å². The number of carbonyl (C=O) groups is 2. The molecule has 2 aromatic heterocycles. The molecule has 5 N–H and O–H groups in total. The Morgan fingerprint density at radius 1 is 1.32 bits per heavy atom. The first-order valence-electron chi connectivity index (χ1n) is 11.2. The van der Waals surface area contributed by atoms with E-state index in [2.05, 4.69) is 20.5 Å². The molecule has 0 aliphatic carbocycles. The number of carboxylic acid groups (broad SMARTS) is 1. The summed E-state index contributed by atoms with van der Waals surface area (Å²) in [5.74, 6) is -3.94. The number of hydrogen-bond donors (Lipinski definition) is 5. The van der Waals surface area contributed by atoms with Crippen LogP contribution in [0, 0.1) is 11.3 Å². The van der Waals surface area contributed by atoms with E-state index < -0.39 is 80.6 Å². The fraction of sp³-hybridized carbons (Fsp3) is 0.632. The van der Waals surface area contributed by atoms with Crippen LogP contribution in [0.1, 0.15) is 37.5 Å². The van der Waals surface area contributed by atoms with Gasteiger partial charge in [-0.15, -0.1) is 10.2 Å². The number of rotatable bonds is 12. The third-order valence-corrected chi connectivity index (χ3v) is 7.01. The summed E-state index contributed by atoms with van der Waals surface area (Å²) in [5, 5.41) is 63.2. The molecule has 1 aliphatic rings. The van der Waals surface area contributed by atoms with Gasteiger partial charge in [-0.2, -0.15) is 9.94 Å². The molecule has 6 atom stereocenters. The summed E-state index contributed by atoms with van der Waals surface area (Å²) < 4.78 is 21.6. The quantitative estimate of drug-likeness (QED) is 0.110. The lowest BCUT2D eigenvalue weighted by atomic mass is 10.1. The van der Waals surface area contributed by atoms with Gasteiger partial charge in [0, 0.05) is 6.04 Å². The molecule has 18 nitrogen and oxygen atoms in total. The van der Waals surface area contributed by atoms with Crippen molar-refractivity contribution in [3.63, 3.8) is 0 Å². The lowest BCUT2D eigenvalue weighted by Crippen LogP contribution is -2.38. The van der Waals surface area contributed by atoms with Gasteiger partial charge in [0.05, 0.1) is 19.3 Å². The maximum Gasteiger partial charge on any atom is 0.361 e. The number of aliphatic hydroxyl groups excluding tert-OH is 2. The number of nitrogens with zero attached hydrogens (tertiary/aromatic N) is 6. The van der Waals surface area contributed by atoms with Crippen LogP contribution >= 0.6 is 8.30 Å². The molecule has 19 heteroatoms. The molecule has 3 heterocycles. The van der Waals surface area contributed by atoms with E-state index in [9.17, 15) is 34.9 Å². The summed E-state index contributed by atoms with van der Waals surface area (Å²) in [6.45, 7) is 4.05. The number of aromatic nitrogens is 5. The minimum atomic E-state index is -1.99. The van der Waals surface area contributed by atoms with Gasteiger partial charge < -0.3 is 39.3 Å². The molecule has 6 unspecified atom stereocenters. The highest BCUT2D eigenvalue weighted by Crippen LogP contribution is 2.40. The largest absolute Gasteiger partial charge is 0.479 e. The molecule has 1 saturated heterocycles. The fourth-order valence-corrected chi connectivity index (χ4v) is 4.92. The average molecular weight is 559 g/mol. The minimum absolute atomic E-state index is 0.00477. The molecule has 38 heavy (non-hydrogen) atoms. The molecule has 0 spiro atoms. The highest BCUT2D eigenvalue weighted by atomic mass is 31.2. The molecular formula is C19H26N7O11P. The van der Waals surface area contributed by atoms with Crippen LogP contribution < -0.4 is 10.6 Å². The van der Waals surface area contributed by atoms with Crippen LogP contribution in [-0.4, -0.2) is 107 Å². The van der Waals surface area contributed by atoms with E-state index in [0.29, 0.717) is 4.68 Å². The van der Waals surface area contributed by atoms with E-state index in [0.717, 1.165) is 0 Å². The van der Waals surface area contributed by atoms with Crippen molar-refractivity contribution in [1.29, 1.82) is 5.26 Å². The number of ether oxygens (including phenoxy) is 3. The van der Waals surface area contributed by atoms with Crippen LogP contribution in [0.3, 0.4) is 0 Å². The van der Waals surface area contributed by atoms with Gasteiger partial charge in [0.15, 0.2) is 17.3 Å². The van der Waals surface area contributed by atoms with Crippen molar-refractivity contribution in [3.8, 4) is 6.07 Å². The van der Waals surface area contributed by atoms with E-state index in [4.69, 9.17) is 24.0 Å². The zero-order valence-electron chi connectivity index (χ0n) is 20.4.